The Hall–Kier alpha value is 0.570. The first-order chi connectivity index (χ1) is 5.80. The Morgan fingerprint density at radius 2 is 2.33 bits per heavy atom. The van der Waals surface area contributed by atoms with E-state index in [1.54, 1.807) is 7.11 Å². The quantitative estimate of drug-likeness (QED) is 0.783. The normalized spacial score (nSPS) is 36.8. The monoisotopic (exact) mass is 288 g/mol. The van der Waals surface area contributed by atoms with Crippen molar-refractivity contribution in [2.24, 2.45) is 0 Å². The lowest BCUT2D eigenvalue weighted by atomic mass is 10.1. The highest BCUT2D eigenvalue weighted by molar-refractivity contribution is 14.1. The first-order valence-corrected chi connectivity index (χ1v) is 4.74. The molecule has 0 saturated carbocycles. The molecule has 0 amide bonds. The van der Waals surface area contributed by atoms with Crippen LogP contribution in [0, 0.1) is 0 Å². The van der Waals surface area contributed by atoms with E-state index >= 15 is 0 Å². The molecule has 1 fully saturated rings. The number of hydrogen-bond donors (Lipinski definition) is 1. The lowest BCUT2D eigenvalue weighted by Crippen LogP contribution is -2.38. The van der Waals surface area contributed by atoms with Crippen molar-refractivity contribution >= 4 is 23.0 Å². The average molecular weight is 288 g/mol. The van der Waals surface area contributed by atoms with Crippen LogP contribution in [0.2, 0.25) is 0 Å². The van der Waals surface area contributed by atoms with Crippen LogP contribution in [0.5, 0.6) is 0 Å². The summed E-state index contributed by atoms with van der Waals surface area (Å²) in [6.45, 7) is 0.0242. The molecule has 1 N–H and O–H groups in total. The molecule has 1 aliphatic rings. The van der Waals surface area contributed by atoms with Crippen molar-refractivity contribution in [2.45, 2.75) is 31.3 Å². The fourth-order valence-corrected chi connectivity index (χ4v) is 1.69. The summed E-state index contributed by atoms with van der Waals surface area (Å²) in [5.74, 6) is 0. The molecule has 0 aromatic heterocycles. The molecule has 1 rings (SSSR count). The summed E-state index contributed by atoms with van der Waals surface area (Å²) in [6, 6.07) is 0. The van der Waals surface area contributed by atoms with Crippen LogP contribution < -0.4 is 0 Å². The molecule has 3 atom stereocenters. The Labute approximate surface area is 85.9 Å². The van der Waals surface area contributed by atoms with E-state index in [0.717, 1.165) is 12.8 Å². The summed E-state index contributed by atoms with van der Waals surface area (Å²) in [7, 11) is 1.59. The Balaban J connectivity index is 2.41. The van der Waals surface area contributed by atoms with E-state index in [2.05, 4.69) is 0 Å². The third kappa shape index (κ3) is 2.81. The molecule has 0 aromatic carbocycles. The second kappa shape index (κ2) is 5.33. The van der Waals surface area contributed by atoms with Gasteiger partial charge in [0.1, 0.15) is 23.0 Å². The zero-order chi connectivity index (χ0) is 8.97. The van der Waals surface area contributed by atoms with Crippen LogP contribution in [0.3, 0.4) is 0 Å². The van der Waals surface area contributed by atoms with Gasteiger partial charge in [-0.2, -0.15) is 0 Å². The molecular formula is C7H13IO4. The number of aliphatic hydroxyl groups is 1. The fourth-order valence-electron chi connectivity index (χ4n) is 1.27. The Kier molecular flexibility index (Phi) is 4.73. The maximum absolute atomic E-state index is 8.88. The summed E-state index contributed by atoms with van der Waals surface area (Å²) >= 11 is 1.87. The predicted molar refractivity (Wildman–Crippen MR) is 50.9 cm³/mol. The number of aliphatic hydroxyl groups excluding tert-OH is 1. The average Bonchev–Trinajstić information content (AvgIpc) is 2.16. The van der Waals surface area contributed by atoms with Crippen LogP contribution in [0.25, 0.3) is 0 Å². The van der Waals surface area contributed by atoms with Gasteiger partial charge in [-0.1, -0.05) is 0 Å². The van der Waals surface area contributed by atoms with Crippen molar-refractivity contribution in [1.82, 2.24) is 0 Å². The minimum atomic E-state index is -0.240. The summed E-state index contributed by atoms with van der Waals surface area (Å²) < 4.78 is 15.6. The lowest BCUT2D eigenvalue weighted by molar-refractivity contribution is -0.204. The molecular weight excluding hydrogens is 275 g/mol. The molecule has 0 unspecified atom stereocenters. The van der Waals surface area contributed by atoms with Gasteiger partial charge in [0.25, 0.3) is 0 Å². The summed E-state index contributed by atoms with van der Waals surface area (Å²) in [6.07, 6.45) is 1.20. The maximum Gasteiger partial charge on any atom is 0.160 e. The molecule has 1 heterocycles. The van der Waals surface area contributed by atoms with Gasteiger partial charge >= 0.3 is 0 Å². The van der Waals surface area contributed by atoms with Crippen LogP contribution in [0.15, 0.2) is 0 Å². The first-order valence-electron chi connectivity index (χ1n) is 3.86. The van der Waals surface area contributed by atoms with E-state index in [4.69, 9.17) is 17.6 Å². The van der Waals surface area contributed by atoms with Crippen molar-refractivity contribution < 1.29 is 17.6 Å². The summed E-state index contributed by atoms with van der Waals surface area (Å²) in [5.41, 5.74) is 0. The highest BCUT2D eigenvalue weighted by Gasteiger charge is 2.29. The van der Waals surface area contributed by atoms with E-state index in [0.29, 0.717) is 0 Å². The Morgan fingerprint density at radius 1 is 1.58 bits per heavy atom. The summed E-state index contributed by atoms with van der Waals surface area (Å²) in [4.78, 5) is 0. The van der Waals surface area contributed by atoms with E-state index in [-0.39, 0.29) is 25.1 Å². The van der Waals surface area contributed by atoms with Gasteiger partial charge in [-0.15, -0.1) is 0 Å². The highest BCUT2D eigenvalue weighted by Crippen LogP contribution is 2.23. The lowest BCUT2D eigenvalue weighted by Gasteiger charge is -2.32. The largest absolute Gasteiger partial charge is 0.394 e. The zero-order valence-corrected chi connectivity index (χ0v) is 9.06. The van der Waals surface area contributed by atoms with Gasteiger partial charge in [0, 0.05) is 20.0 Å². The van der Waals surface area contributed by atoms with E-state index in [1.165, 1.54) is 0 Å². The highest BCUT2D eigenvalue weighted by atomic mass is 127. The fraction of sp³-hybridized carbons (Fsp3) is 1.00. The smallest absolute Gasteiger partial charge is 0.160 e. The molecule has 0 spiro atoms. The second-order valence-corrected chi connectivity index (χ2v) is 3.30. The third-order valence-electron chi connectivity index (χ3n) is 1.92. The van der Waals surface area contributed by atoms with E-state index in [1.807, 2.05) is 23.0 Å². The molecule has 0 radical (unpaired) electrons. The van der Waals surface area contributed by atoms with E-state index in [9.17, 15) is 0 Å². The van der Waals surface area contributed by atoms with Crippen molar-refractivity contribution in [3.63, 3.8) is 0 Å². The van der Waals surface area contributed by atoms with Crippen LogP contribution in [0.1, 0.15) is 12.8 Å². The van der Waals surface area contributed by atoms with Gasteiger partial charge in [0.2, 0.25) is 0 Å². The van der Waals surface area contributed by atoms with Crippen molar-refractivity contribution in [2.75, 3.05) is 13.7 Å². The molecule has 0 aromatic rings. The topological polar surface area (TPSA) is 47.9 Å². The Bertz CT molecular complexity index is 103. The zero-order valence-electron chi connectivity index (χ0n) is 6.90. The van der Waals surface area contributed by atoms with Crippen LogP contribution in [-0.2, 0) is 12.5 Å². The van der Waals surface area contributed by atoms with Gasteiger partial charge in [-0.25, -0.2) is 0 Å². The summed E-state index contributed by atoms with van der Waals surface area (Å²) in [5, 5.41) is 8.88. The van der Waals surface area contributed by atoms with E-state index < -0.39 is 0 Å². The molecule has 5 heteroatoms. The minimum Gasteiger partial charge on any atom is -0.394 e. The predicted octanol–water partition coefficient (Wildman–Crippen LogP) is 0.865. The van der Waals surface area contributed by atoms with Gasteiger partial charge in [0.15, 0.2) is 6.29 Å². The molecule has 0 aliphatic carbocycles. The van der Waals surface area contributed by atoms with Crippen molar-refractivity contribution in [1.29, 1.82) is 0 Å². The molecule has 12 heavy (non-hydrogen) atoms. The molecule has 0 bridgehead atoms. The minimum absolute atomic E-state index is 0.0242. The van der Waals surface area contributed by atoms with Gasteiger partial charge < -0.3 is 17.6 Å². The Morgan fingerprint density at radius 3 is 2.83 bits per heavy atom. The second-order valence-electron chi connectivity index (χ2n) is 2.79. The number of halogens is 1. The number of hydrogen-bond acceptors (Lipinski definition) is 4. The molecule has 4 nitrogen and oxygen atoms in total. The first kappa shape index (κ1) is 10.6. The van der Waals surface area contributed by atoms with Crippen LogP contribution in [-0.4, -0.2) is 37.3 Å². The number of ether oxygens (including phenoxy) is 2. The standard InChI is InChI=1S/C7H13IO4/c1-10-7-3-5(12-8)2-6(4-9)11-7/h5-7,9H,2-4H2,1H3/t5-,6-,7+/m0/s1. The van der Waals surface area contributed by atoms with Gasteiger partial charge in [-0.05, 0) is 0 Å². The van der Waals surface area contributed by atoms with Gasteiger partial charge in [-0.3, -0.25) is 0 Å². The van der Waals surface area contributed by atoms with Gasteiger partial charge in [0.05, 0.1) is 18.8 Å². The van der Waals surface area contributed by atoms with Crippen molar-refractivity contribution in [3.05, 3.63) is 0 Å². The number of methoxy groups -OCH3 is 1. The SMILES string of the molecule is CO[C@H]1C[C@@H](OI)C[C@@H](CO)O1. The van der Waals surface area contributed by atoms with Crippen LogP contribution in [0.4, 0.5) is 0 Å². The maximum atomic E-state index is 8.88. The molecule has 72 valence electrons. The molecule has 1 aliphatic heterocycles. The van der Waals surface area contributed by atoms with Crippen molar-refractivity contribution in [3.8, 4) is 0 Å². The molecule has 1 saturated heterocycles. The third-order valence-corrected chi connectivity index (χ3v) is 2.64. The number of rotatable bonds is 3. The van der Waals surface area contributed by atoms with Crippen LogP contribution >= 0.6 is 23.0 Å².